The normalized spacial score (nSPS) is 12.2. The van der Waals surface area contributed by atoms with E-state index in [1.54, 1.807) is 14.0 Å². The molecule has 1 atom stereocenters. The quantitative estimate of drug-likeness (QED) is 0.806. The number of benzene rings is 1. The van der Waals surface area contributed by atoms with Crippen molar-refractivity contribution in [1.29, 1.82) is 0 Å². The van der Waals surface area contributed by atoms with Gasteiger partial charge in [-0.15, -0.1) is 0 Å². The van der Waals surface area contributed by atoms with E-state index in [-0.39, 0.29) is 6.10 Å². The lowest BCUT2D eigenvalue weighted by Crippen LogP contribution is -2.04. The van der Waals surface area contributed by atoms with Crippen LogP contribution in [0.15, 0.2) is 18.2 Å². The predicted molar refractivity (Wildman–Crippen MR) is 64.2 cm³/mol. The maximum Gasteiger partial charge on any atom is 0.163 e. The molecule has 0 saturated carbocycles. The summed E-state index contributed by atoms with van der Waals surface area (Å²) >= 11 is 0. The second-order valence-electron chi connectivity index (χ2n) is 3.77. The van der Waals surface area contributed by atoms with Gasteiger partial charge in [0.1, 0.15) is 0 Å². The Morgan fingerprint density at radius 2 is 2.12 bits per heavy atom. The Hall–Kier alpha value is -1.22. The molecule has 90 valence electrons. The number of aryl methyl sites for hydroxylation is 1. The first-order valence-corrected chi connectivity index (χ1v) is 5.65. The number of ether oxygens (including phenoxy) is 2. The van der Waals surface area contributed by atoms with Crippen LogP contribution in [0, 0.1) is 0 Å². The molecule has 3 nitrogen and oxygen atoms in total. The summed E-state index contributed by atoms with van der Waals surface area (Å²) in [5.41, 5.74) is 1.08. The van der Waals surface area contributed by atoms with Crippen molar-refractivity contribution in [2.45, 2.75) is 32.8 Å². The average molecular weight is 224 g/mol. The highest BCUT2D eigenvalue weighted by Crippen LogP contribution is 2.31. The molecular formula is C13H20O3. The van der Waals surface area contributed by atoms with E-state index in [4.69, 9.17) is 9.47 Å². The molecule has 1 aromatic rings. The topological polar surface area (TPSA) is 38.7 Å². The van der Waals surface area contributed by atoms with Crippen molar-refractivity contribution in [1.82, 2.24) is 0 Å². The summed E-state index contributed by atoms with van der Waals surface area (Å²) in [6, 6.07) is 5.85. The van der Waals surface area contributed by atoms with Crippen molar-refractivity contribution in [3.63, 3.8) is 0 Å². The molecule has 0 aromatic heterocycles. The maximum atomic E-state index is 9.28. The molecule has 0 aliphatic heterocycles. The lowest BCUT2D eigenvalue weighted by molar-refractivity contribution is 0.184. The molecule has 0 saturated heterocycles. The third kappa shape index (κ3) is 3.42. The van der Waals surface area contributed by atoms with Crippen LogP contribution in [0.2, 0.25) is 0 Å². The zero-order valence-electron chi connectivity index (χ0n) is 10.2. The van der Waals surface area contributed by atoms with Crippen molar-refractivity contribution in [2.75, 3.05) is 13.7 Å². The van der Waals surface area contributed by atoms with Crippen LogP contribution in [0.25, 0.3) is 0 Å². The number of rotatable bonds is 6. The van der Waals surface area contributed by atoms with Gasteiger partial charge in [0.05, 0.1) is 19.8 Å². The van der Waals surface area contributed by atoms with Crippen molar-refractivity contribution in [3.8, 4) is 11.5 Å². The Labute approximate surface area is 97.0 Å². The predicted octanol–water partition coefficient (Wildman–Crippen LogP) is 2.41. The second kappa shape index (κ2) is 6.38. The van der Waals surface area contributed by atoms with Gasteiger partial charge in [0, 0.05) is 0 Å². The third-order valence-corrected chi connectivity index (χ3v) is 2.40. The fourth-order valence-corrected chi connectivity index (χ4v) is 1.62. The van der Waals surface area contributed by atoms with Gasteiger partial charge in [-0.1, -0.05) is 12.1 Å². The molecule has 3 heteroatoms. The number of hydrogen-bond donors (Lipinski definition) is 1. The van der Waals surface area contributed by atoms with Crippen molar-refractivity contribution < 1.29 is 14.6 Å². The first-order chi connectivity index (χ1) is 7.69. The smallest absolute Gasteiger partial charge is 0.163 e. The van der Waals surface area contributed by atoms with E-state index < -0.39 is 0 Å². The van der Waals surface area contributed by atoms with Crippen LogP contribution >= 0.6 is 0 Å². The van der Waals surface area contributed by atoms with Gasteiger partial charge in [-0.2, -0.15) is 0 Å². The summed E-state index contributed by atoms with van der Waals surface area (Å²) in [6.45, 7) is 4.36. The fraction of sp³-hybridized carbons (Fsp3) is 0.538. The van der Waals surface area contributed by atoms with E-state index in [0.29, 0.717) is 6.61 Å². The van der Waals surface area contributed by atoms with Crippen LogP contribution in [0.5, 0.6) is 11.5 Å². The molecule has 0 fully saturated rings. The van der Waals surface area contributed by atoms with Crippen molar-refractivity contribution >= 4 is 0 Å². The van der Waals surface area contributed by atoms with Gasteiger partial charge in [-0.3, -0.25) is 0 Å². The molecule has 16 heavy (non-hydrogen) atoms. The molecule has 0 radical (unpaired) electrons. The molecule has 0 aliphatic rings. The Bertz CT molecular complexity index is 321. The molecule has 1 N–H and O–H groups in total. The Morgan fingerprint density at radius 1 is 1.38 bits per heavy atom. The van der Waals surface area contributed by atoms with Crippen LogP contribution in [-0.4, -0.2) is 24.9 Å². The van der Waals surface area contributed by atoms with E-state index in [2.05, 4.69) is 0 Å². The van der Waals surface area contributed by atoms with Crippen molar-refractivity contribution in [3.05, 3.63) is 23.8 Å². The summed E-state index contributed by atoms with van der Waals surface area (Å²) in [7, 11) is 1.64. The molecule has 0 aliphatic carbocycles. The summed E-state index contributed by atoms with van der Waals surface area (Å²) in [5, 5.41) is 9.28. The Kier molecular flexibility index (Phi) is 5.12. The zero-order chi connectivity index (χ0) is 12.0. The fourth-order valence-electron chi connectivity index (χ4n) is 1.62. The number of methoxy groups -OCH3 is 1. The summed E-state index contributed by atoms with van der Waals surface area (Å²) in [4.78, 5) is 0. The molecule has 0 spiro atoms. The van der Waals surface area contributed by atoms with Gasteiger partial charge in [-0.05, 0) is 38.3 Å². The average Bonchev–Trinajstić information content (AvgIpc) is 2.27. The van der Waals surface area contributed by atoms with Gasteiger partial charge in [0.25, 0.3) is 0 Å². The van der Waals surface area contributed by atoms with Gasteiger partial charge in [0.15, 0.2) is 11.5 Å². The first-order valence-electron chi connectivity index (χ1n) is 5.65. The second-order valence-corrected chi connectivity index (χ2v) is 3.77. The minimum atomic E-state index is -0.291. The third-order valence-electron chi connectivity index (χ3n) is 2.40. The standard InChI is InChI=1S/C13H20O3/c1-4-16-12-7-5-6-11(13(12)15-3)9-8-10(2)14/h5-7,10,14H,4,8-9H2,1-3H3/t10-/m0/s1. The van der Waals surface area contributed by atoms with Crippen LogP contribution in [-0.2, 0) is 6.42 Å². The van der Waals surface area contributed by atoms with Crippen LogP contribution < -0.4 is 9.47 Å². The summed E-state index contributed by atoms with van der Waals surface area (Å²) in [5.74, 6) is 1.55. The summed E-state index contributed by atoms with van der Waals surface area (Å²) in [6.07, 6.45) is 1.23. The highest BCUT2D eigenvalue weighted by atomic mass is 16.5. The monoisotopic (exact) mass is 224 g/mol. The van der Waals surface area contributed by atoms with E-state index >= 15 is 0 Å². The highest BCUT2D eigenvalue weighted by Gasteiger charge is 2.10. The maximum absolute atomic E-state index is 9.28. The highest BCUT2D eigenvalue weighted by molar-refractivity contribution is 5.46. The number of aliphatic hydroxyl groups is 1. The lowest BCUT2D eigenvalue weighted by Gasteiger charge is -2.14. The molecule has 1 rings (SSSR count). The van der Waals surface area contributed by atoms with Gasteiger partial charge in [0.2, 0.25) is 0 Å². The Balaban J connectivity index is 2.85. The molecule has 0 bridgehead atoms. The van der Waals surface area contributed by atoms with Gasteiger partial charge in [-0.25, -0.2) is 0 Å². The minimum absolute atomic E-state index is 0.291. The zero-order valence-corrected chi connectivity index (χ0v) is 10.2. The first kappa shape index (κ1) is 12.8. The summed E-state index contributed by atoms with van der Waals surface area (Å²) < 4.78 is 10.8. The number of para-hydroxylation sites is 1. The molecular weight excluding hydrogens is 204 g/mol. The number of aliphatic hydroxyl groups excluding tert-OH is 1. The van der Waals surface area contributed by atoms with Crippen molar-refractivity contribution in [2.24, 2.45) is 0 Å². The molecule has 0 heterocycles. The van der Waals surface area contributed by atoms with Crippen LogP contribution in [0.4, 0.5) is 0 Å². The van der Waals surface area contributed by atoms with E-state index in [1.165, 1.54) is 0 Å². The van der Waals surface area contributed by atoms with E-state index in [0.717, 1.165) is 29.9 Å². The SMILES string of the molecule is CCOc1cccc(CC[C@H](C)O)c1OC. The molecule has 1 aromatic carbocycles. The Morgan fingerprint density at radius 3 is 2.69 bits per heavy atom. The largest absolute Gasteiger partial charge is 0.493 e. The van der Waals surface area contributed by atoms with Gasteiger partial charge >= 0.3 is 0 Å². The van der Waals surface area contributed by atoms with Gasteiger partial charge < -0.3 is 14.6 Å². The van der Waals surface area contributed by atoms with E-state index in [1.807, 2.05) is 25.1 Å². The van der Waals surface area contributed by atoms with Crippen LogP contribution in [0.3, 0.4) is 0 Å². The molecule has 0 amide bonds. The molecule has 0 unspecified atom stereocenters. The van der Waals surface area contributed by atoms with E-state index in [9.17, 15) is 5.11 Å². The minimum Gasteiger partial charge on any atom is -0.493 e. The number of hydrogen-bond acceptors (Lipinski definition) is 3. The lowest BCUT2D eigenvalue weighted by atomic mass is 10.1. The van der Waals surface area contributed by atoms with Crippen LogP contribution in [0.1, 0.15) is 25.8 Å².